The van der Waals surface area contributed by atoms with E-state index in [0.717, 1.165) is 22.3 Å². The van der Waals surface area contributed by atoms with Crippen LogP contribution in [0, 0.1) is 25.2 Å². The lowest BCUT2D eigenvalue weighted by molar-refractivity contribution is -0.138. The zero-order chi connectivity index (χ0) is 15.4. The van der Waals surface area contributed by atoms with Crippen LogP contribution >= 0.6 is 0 Å². The van der Waals surface area contributed by atoms with Crippen molar-refractivity contribution in [2.45, 2.75) is 26.2 Å². The number of aryl methyl sites for hydroxylation is 2. The Kier molecular flexibility index (Phi) is 4.39. The van der Waals surface area contributed by atoms with E-state index in [1.807, 2.05) is 44.2 Å². The third-order valence-electron chi connectivity index (χ3n) is 3.63. The Hall–Kier alpha value is -2.60. The summed E-state index contributed by atoms with van der Waals surface area (Å²) in [5.74, 6) is -1.40. The van der Waals surface area contributed by atoms with Crippen molar-refractivity contribution in [1.82, 2.24) is 0 Å². The number of hydrogen-bond acceptors (Lipinski definition) is 2. The molecule has 2 aromatic rings. The van der Waals surface area contributed by atoms with Gasteiger partial charge in [0.25, 0.3) is 0 Å². The van der Waals surface area contributed by atoms with Crippen LogP contribution in [0.5, 0.6) is 0 Å². The Morgan fingerprint density at radius 3 is 2.43 bits per heavy atom. The molecular formula is C18H17NO2. The molecule has 0 aromatic heterocycles. The van der Waals surface area contributed by atoms with Gasteiger partial charge in [-0.1, -0.05) is 35.9 Å². The minimum absolute atomic E-state index is 0.422. The van der Waals surface area contributed by atoms with Gasteiger partial charge < -0.3 is 5.11 Å². The van der Waals surface area contributed by atoms with Gasteiger partial charge in [0.2, 0.25) is 0 Å². The summed E-state index contributed by atoms with van der Waals surface area (Å²) >= 11 is 0. The maximum absolute atomic E-state index is 11.6. The van der Waals surface area contributed by atoms with Crippen LogP contribution in [0.2, 0.25) is 0 Å². The summed E-state index contributed by atoms with van der Waals surface area (Å²) in [4.78, 5) is 11.6. The first-order valence-electron chi connectivity index (χ1n) is 6.80. The van der Waals surface area contributed by atoms with Crippen molar-refractivity contribution in [3.63, 3.8) is 0 Å². The zero-order valence-corrected chi connectivity index (χ0v) is 12.1. The van der Waals surface area contributed by atoms with Crippen LogP contribution in [0.1, 0.15) is 33.7 Å². The first kappa shape index (κ1) is 14.8. The van der Waals surface area contributed by atoms with E-state index in [-0.39, 0.29) is 0 Å². The molecule has 0 saturated carbocycles. The Morgan fingerprint density at radius 1 is 1.19 bits per heavy atom. The van der Waals surface area contributed by atoms with Crippen LogP contribution in [0.25, 0.3) is 0 Å². The molecule has 21 heavy (non-hydrogen) atoms. The predicted molar refractivity (Wildman–Crippen MR) is 81.2 cm³/mol. The first-order chi connectivity index (χ1) is 10.0. The fourth-order valence-corrected chi connectivity index (χ4v) is 2.42. The van der Waals surface area contributed by atoms with Crippen molar-refractivity contribution < 1.29 is 9.90 Å². The van der Waals surface area contributed by atoms with E-state index >= 15 is 0 Å². The highest BCUT2D eigenvalue weighted by molar-refractivity contribution is 5.77. The molecule has 0 saturated heterocycles. The van der Waals surface area contributed by atoms with Crippen LogP contribution in [-0.2, 0) is 11.2 Å². The van der Waals surface area contributed by atoms with Crippen molar-refractivity contribution >= 4 is 5.97 Å². The SMILES string of the molecule is Cc1ccc(C)c(C(Cc2ccc(C#N)cc2)C(=O)O)c1. The van der Waals surface area contributed by atoms with Gasteiger partial charge in [-0.25, -0.2) is 0 Å². The Balaban J connectivity index is 2.33. The molecule has 1 unspecified atom stereocenters. The van der Waals surface area contributed by atoms with Crippen LogP contribution in [0.4, 0.5) is 0 Å². The van der Waals surface area contributed by atoms with Gasteiger partial charge in [-0.05, 0) is 49.1 Å². The van der Waals surface area contributed by atoms with E-state index in [9.17, 15) is 9.90 Å². The molecule has 0 spiro atoms. The largest absolute Gasteiger partial charge is 0.481 e. The van der Waals surface area contributed by atoms with Crippen molar-refractivity contribution in [2.75, 3.05) is 0 Å². The molecular weight excluding hydrogens is 262 g/mol. The van der Waals surface area contributed by atoms with Gasteiger partial charge in [0, 0.05) is 0 Å². The number of carbonyl (C=O) groups is 1. The van der Waals surface area contributed by atoms with E-state index in [1.54, 1.807) is 12.1 Å². The molecule has 0 aliphatic carbocycles. The molecule has 1 N–H and O–H groups in total. The van der Waals surface area contributed by atoms with Gasteiger partial charge in [0.05, 0.1) is 17.6 Å². The average Bonchev–Trinajstić information content (AvgIpc) is 2.48. The third kappa shape index (κ3) is 3.49. The van der Waals surface area contributed by atoms with E-state index in [4.69, 9.17) is 5.26 Å². The van der Waals surface area contributed by atoms with E-state index in [0.29, 0.717) is 12.0 Å². The quantitative estimate of drug-likeness (QED) is 0.930. The summed E-state index contributed by atoms with van der Waals surface area (Å²) in [6.07, 6.45) is 0.422. The summed E-state index contributed by atoms with van der Waals surface area (Å²) < 4.78 is 0. The summed E-state index contributed by atoms with van der Waals surface area (Å²) in [6.45, 7) is 3.90. The lowest BCUT2D eigenvalue weighted by Gasteiger charge is -2.16. The molecule has 2 aromatic carbocycles. The fraction of sp³-hybridized carbons (Fsp3) is 0.222. The number of rotatable bonds is 4. The van der Waals surface area contributed by atoms with Crippen molar-refractivity contribution in [2.24, 2.45) is 0 Å². The summed E-state index contributed by atoms with van der Waals surface area (Å²) in [6, 6.07) is 15.0. The number of benzene rings is 2. The molecule has 1 atom stereocenters. The van der Waals surface area contributed by atoms with Gasteiger partial charge in [0.15, 0.2) is 0 Å². The van der Waals surface area contributed by atoms with Gasteiger partial charge in [0.1, 0.15) is 0 Å². The van der Waals surface area contributed by atoms with Crippen LogP contribution in [0.15, 0.2) is 42.5 Å². The molecule has 0 aliphatic heterocycles. The number of hydrogen-bond donors (Lipinski definition) is 1. The maximum atomic E-state index is 11.6. The summed E-state index contributed by atoms with van der Waals surface area (Å²) in [5, 5.41) is 18.4. The zero-order valence-electron chi connectivity index (χ0n) is 12.1. The maximum Gasteiger partial charge on any atom is 0.311 e. The summed E-state index contributed by atoms with van der Waals surface area (Å²) in [5.41, 5.74) is 4.40. The number of carboxylic acid groups (broad SMARTS) is 1. The fourth-order valence-electron chi connectivity index (χ4n) is 2.42. The van der Waals surface area contributed by atoms with E-state index < -0.39 is 11.9 Å². The normalized spacial score (nSPS) is 11.7. The summed E-state index contributed by atoms with van der Waals surface area (Å²) in [7, 11) is 0. The lowest BCUT2D eigenvalue weighted by atomic mass is 9.88. The number of nitriles is 1. The van der Waals surface area contributed by atoms with Crippen molar-refractivity contribution in [3.05, 3.63) is 70.3 Å². The van der Waals surface area contributed by atoms with E-state index in [2.05, 4.69) is 6.07 Å². The number of carboxylic acids is 1. The second kappa shape index (κ2) is 6.23. The molecule has 106 valence electrons. The van der Waals surface area contributed by atoms with Crippen LogP contribution < -0.4 is 0 Å². The van der Waals surface area contributed by atoms with Crippen LogP contribution in [-0.4, -0.2) is 11.1 Å². The van der Waals surface area contributed by atoms with Gasteiger partial charge >= 0.3 is 5.97 Å². The highest BCUT2D eigenvalue weighted by Crippen LogP contribution is 2.25. The minimum Gasteiger partial charge on any atom is -0.481 e. The average molecular weight is 279 g/mol. The van der Waals surface area contributed by atoms with Gasteiger partial charge in [-0.2, -0.15) is 5.26 Å². The smallest absolute Gasteiger partial charge is 0.311 e. The van der Waals surface area contributed by atoms with Crippen molar-refractivity contribution in [1.29, 1.82) is 5.26 Å². The highest BCUT2D eigenvalue weighted by Gasteiger charge is 2.22. The Bertz CT molecular complexity index is 696. The predicted octanol–water partition coefficient (Wildman–Crippen LogP) is 3.59. The molecule has 0 fully saturated rings. The molecule has 0 heterocycles. The van der Waals surface area contributed by atoms with Gasteiger partial charge in [-0.15, -0.1) is 0 Å². The van der Waals surface area contributed by atoms with Crippen molar-refractivity contribution in [3.8, 4) is 6.07 Å². The highest BCUT2D eigenvalue weighted by atomic mass is 16.4. The van der Waals surface area contributed by atoms with Crippen LogP contribution in [0.3, 0.4) is 0 Å². The monoisotopic (exact) mass is 279 g/mol. The number of nitrogens with zero attached hydrogens (tertiary/aromatic N) is 1. The first-order valence-corrected chi connectivity index (χ1v) is 6.80. The molecule has 3 nitrogen and oxygen atoms in total. The number of aliphatic carboxylic acids is 1. The second-order valence-electron chi connectivity index (χ2n) is 5.26. The topological polar surface area (TPSA) is 61.1 Å². The molecule has 0 bridgehead atoms. The van der Waals surface area contributed by atoms with Gasteiger partial charge in [-0.3, -0.25) is 4.79 Å². The lowest BCUT2D eigenvalue weighted by Crippen LogP contribution is -2.16. The third-order valence-corrected chi connectivity index (χ3v) is 3.63. The minimum atomic E-state index is -0.826. The molecule has 2 rings (SSSR count). The standard InChI is InChI=1S/C18H17NO2/c1-12-3-4-13(2)16(9-12)17(18(20)21)10-14-5-7-15(11-19)8-6-14/h3-9,17H,10H2,1-2H3,(H,20,21). The second-order valence-corrected chi connectivity index (χ2v) is 5.26. The Morgan fingerprint density at radius 2 is 1.86 bits per heavy atom. The molecule has 0 aliphatic rings. The Labute approximate surface area is 124 Å². The molecule has 0 radical (unpaired) electrons. The molecule has 3 heteroatoms. The van der Waals surface area contributed by atoms with E-state index in [1.165, 1.54) is 0 Å². The molecule has 0 amide bonds.